The molecule has 1 amide bonds. The summed E-state index contributed by atoms with van der Waals surface area (Å²) in [7, 11) is 0. The van der Waals surface area contributed by atoms with Crippen molar-refractivity contribution >= 4 is 5.91 Å². The van der Waals surface area contributed by atoms with E-state index in [1.165, 1.54) is 11.8 Å². The molecule has 116 valence electrons. The van der Waals surface area contributed by atoms with Gasteiger partial charge in [-0.2, -0.15) is 13.2 Å². The van der Waals surface area contributed by atoms with Gasteiger partial charge in [-0.3, -0.25) is 9.59 Å². The van der Waals surface area contributed by atoms with E-state index in [0.29, 0.717) is 6.07 Å². The van der Waals surface area contributed by atoms with Crippen LogP contribution in [0.2, 0.25) is 0 Å². The van der Waals surface area contributed by atoms with Crippen molar-refractivity contribution in [1.82, 2.24) is 9.88 Å². The molecule has 1 heterocycles. The molecular weight excluding hydrogens is 289 g/mol. The summed E-state index contributed by atoms with van der Waals surface area (Å²) in [5, 5.41) is 9.39. The molecule has 1 unspecified atom stereocenters. The van der Waals surface area contributed by atoms with Gasteiger partial charge in [0.1, 0.15) is 5.56 Å². The molecule has 0 saturated heterocycles. The molecule has 2 N–H and O–H groups in total. The Kier molecular flexibility index (Phi) is 4.08. The van der Waals surface area contributed by atoms with Crippen LogP contribution in [0.3, 0.4) is 0 Å². The quantitative estimate of drug-likeness (QED) is 0.882. The predicted octanol–water partition coefficient (Wildman–Crippen LogP) is 1.38. The molecule has 5 nitrogen and oxygen atoms in total. The Hall–Kier alpha value is -1.83. The Bertz CT molecular complexity index is 591. The summed E-state index contributed by atoms with van der Waals surface area (Å²) in [5.74, 6) is -0.625. The van der Waals surface area contributed by atoms with Crippen LogP contribution in [0, 0.1) is 0 Å². The summed E-state index contributed by atoms with van der Waals surface area (Å²) >= 11 is 0. The van der Waals surface area contributed by atoms with E-state index in [4.69, 9.17) is 0 Å². The molecule has 1 aromatic rings. The van der Waals surface area contributed by atoms with Crippen molar-refractivity contribution < 1.29 is 23.1 Å². The number of pyridine rings is 1. The molecule has 1 aliphatic rings. The van der Waals surface area contributed by atoms with Crippen LogP contribution in [0.4, 0.5) is 13.2 Å². The number of aliphatic hydroxyl groups excluding tert-OH is 1. The number of carbonyl (C=O) groups excluding carboxylic acids is 1. The van der Waals surface area contributed by atoms with E-state index in [1.54, 1.807) is 0 Å². The van der Waals surface area contributed by atoms with Crippen LogP contribution in [0.15, 0.2) is 17.1 Å². The smallest absolute Gasteiger partial charge is 0.392 e. The maximum atomic E-state index is 12.7. The molecule has 0 radical (unpaired) electrons. The van der Waals surface area contributed by atoms with Gasteiger partial charge in [0.25, 0.3) is 11.5 Å². The third-order valence-corrected chi connectivity index (χ3v) is 3.17. The fourth-order valence-corrected chi connectivity index (χ4v) is 2.05. The zero-order valence-corrected chi connectivity index (χ0v) is 11.3. The van der Waals surface area contributed by atoms with Crippen LogP contribution in [0.1, 0.15) is 35.7 Å². The minimum atomic E-state index is -4.82. The first-order valence-electron chi connectivity index (χ1n) is 6.49. The number of aliphatic hydroxyl groups is 1. The first-order valence-corrected chi connectivity index (χ1v) is 6.49. The van der Waals surface area contributed by atoms with Crippen LogP contribution in [-0.2, 0) is 6.18 Å². The highest BCUT2D eigenvalue weighted by atomic mass is 19.4. The molecule has 0 spiro atoms. The summed E-state index contributed by atoms with van der Waals surface area (Å²) in [5.41, 5.74) is -2.93. The van der Waals surface area contributed by atoms with E-state index in [9.17, 15) is 27.9 Å². The van der Waals surface area contributed by atoms with Crippen LogP contribution < -0.4 is 5.56 Å². The lowest BCUT2D eigenvalue weighted by Crippen LogP contribution is -2.38. The molecule has 1 aromatic heterocycles. The number of hydrogen-bond acceptors (Lipinski definition) is 3. The van der Waals surface area contributed by atoms with Gasteiger partial charge in [0, 0.05) is 18.8 Å². The molecule has 1 atom stereocenters. The van der Waals surface area contributed by atoms with Crippen LogP contribution >= 0.6 is 0 Å². The molecule has 1 aliphatic carbocycles. The number of hydrogen-bond donors (Lipinski definition) is 2. The number of halogens is 3. The van der Waals surface area contributed by atoms with Crippen molar-refractivity contribution in [2.24, 2.45) is 0 Å². The van der Waals surface area contributed by atoms with Gasteiger partial charge in [-0.05, 0) is 25.8 Å². The third-order valence-electron chi connectivity index (χ3n) is 3.17. The maximum Gasteiger partial charge on any atom is 0.421 e. The summed E-state index contributed by atoms with van der Waals surface area (Å²) in [4.78, 5) is 26.8. The Balaban J connectivity index is 2.32. The van der Waals surface area contributed by atoms with Crippen LogP contribution in [0.5, 0.6) is 0 Å². The van der Waals surface area contributed by atoms with Gasteiger partial charge in [-0.25, -0.2) is 0 Å². The topological polar surface area (TPSA) is 73.4 Å². The molecule has 1 fully saturated rings. The van der Waals surface area contributed by atoms with E-state index < -0.39 is 29.3 Å². The zero-order valence-electron chi connectivity index (χ0n) is 11.3. The maximum absolute atomic E-state index is 12.7. The normalized spacial score (nSPS) is 16.6. The number of aromatic nitrogens is 1. The molecule has 8 heteroatoms. The fourth-order valence-electron chi connectivity index (χ4n) is 2.05. The molecule has 0 bridgehead atoms. The first-order chi connectivity index (χ1) is 9.70. The average molecular weight is 304 g/mol. The minimum Gasteiger partial charge on any atom is -0.392 e. The Labute approximate surface area is 118 Å². The van der Waals surface area contributed by atoms with E-state index in [-0.39, 0.29) is 18.2 Å². The Morgan fingerprint density at radius 1 is 1.52 bits per heavy atom. The van der Waals surface area contributed by atoms with Crippen molar-refractivity contribution in [3.8, 4) is 0 Å². The Morgan fingerprint density at radius 2 is 2.14 bits per heavy atom. The average Bonchev–Trinajstić information content (AvgIpc) is 3.18. The summed E-state index contributed by atoms with van der Waals surface area (Å²) in [6.45, 7) is 1.54. The van der Waals surface area contributed by atoms with E-state index in [1.807, 2.05) is 4.98 Å². The second-order valence-corrected chi connectivity index (χ2v) is 5.17. The standard InChI is InChI=1S/C13H15F3N2O3/c1-7(19)6-18(9-2-3-9)12(21)8-4-10(13(14,15)16)11(20)17-5-8/h4-5,7,9,19H,2-3,6H2,1H3,(H,17,20). The van der Waals surface area contributed by atoms with E-state index in [2.05, 4.69) is 0 Å². The van der Waals surface area contributed by atoms with Crippen LogP contribution in [-0.4, -0.2) is 39.6 Å². The number of carbonyl (C=O) groups is 1. The molecular formula is C13H15F3N2O3. The van der Waals surface area contributed by atoms with Crippen molar-refractivity contribution in [1.29, 1.82) is 0 Å². The van der Waals surface area contributed by atoms with Gasteiger partial charge >= 0.3 is 6.18 Å². The van der Waals surface area contributed by atoms with Gasteiger partial charge in [-0.15, -0.1) is 0 Å². The largest absolute Gasteiger partial charge is 0.421 e. The second kappa shape index (κ2) is 5.51. The van der Waals surface area contributed by atoms with Crippen LogP contribution in [0.25, 0.3) is 0 Å². The number of amides is 1. The first kappa shape index (κ1) is 15.6. The molecule has 1 saturated carbocycles. The molecule has 21 heavy (non-hydrogen) atoms. The monoisotopic (exact) mass is 304 g/mol. The number of aromatic amines is 1. The highest BCUT2D eigenvalue weighted by molar-refractivity contribution is 5.94. The highest BCUT2D eigenvalue weighted by Crippen LogP contribution is 2.30. The van der Waals surface area contributed by atoms with E-state index >= 15 is 0 Å². The molecule has 0 aromatic carbocycles. The number of alkyl halides is 3. The predicted molar refractivity (Wildman–Crippen MR) is 67.8 cm³/mol. The van der Waals surface area contributed by atoms with Gasteiger partial charge in [0.2, 0.25) is 0 Å². The molecule has 2 rings (SSSR count). The molecule has 0 aliphatic heterocycles. The zero-order chi connectivity index (χ0) is 15.8. The lowest BCUT2D eigenvalue weighted by molar-refractivity contribution is -0.138. The van der Waals surface area contributed by atoms with Crippen molar-refractivity contribution in [3.05, 3.63) is 33.7 Å². The number of H-pyrrole nitrogens is 1. The second-order valence-electron chi connectivity index (χ2n) is 5.17. The van der Waals surface area contributed by atoms with Gasteiger partial charge in [-0.1, -0.05) is 0 Å². The fraction of sp³-hybridized carbons (Fsp3) is 0.538. The summed E-state index contributed by atoms with van der Waals surface area (Å²) < 4.78 is 38.1. The number of rotatable bonds is 4. The number of nitrogens with one attached hydrogen (secondary N) is 1. The van der Waals surface area contributed by atoms with Crippen molar-refractivity contribution in [2.75, 3.05) is 6.54 Å². The minimum absolute atomic E-state index is 0.0456. The lowest BCUT2D eigenvalue weighted by Gasteiger charge is -2.24. The summed E-state index contributed by atoms with van der Waals surface area (Å²) in [6, 6.07) is 0.492. The number of nitrogens with zero attached hydrogens (tertiary/aromatic N) is 1. The van der Waals surface area contributed by atoms with Gasteiger partial charge in [0.15, 0.2) is 0 Å². The van der Waals surface area contributed by atoms with Crippen molar-refractivity contribution in [2.45, 2.75) is 38.1 Å². The summed E-state index contributed by atoms with van der Waals surface area (Å²) in [6.07, 6.45) is -3.11. The van der Waals surface area contributed by atoms with E-state index in [0.717, 1.165) is 19.0 Å². The highest BCUT2D eigenvalue weighted by Gasteiger charge is 2.37. The lowest BCUT2D eigenvalue weighted by atomic mass is 10.1. The SMILES string of the molecule is CC(O)CN(C(=O)c1c[nH]c(=O)c(C(F)(F)F)c1)C1CC1. The van der Waals surface area contributed by atoms with Gasteiger partial charge < -0.3 is 15.0 Å². The Morgan fingerprint density at radius 3 is 2.62 bits per heavy atom. The van der Waals surface area contributed by atoms with Gasteiger partial charge in [0.05, 0.1) is 11.7 Å². The van der Waals surface area contributed by atoms with Crippen molar-refractivity contribution in [3.63, 3.8) is 0 Å². The third kappa shape index (κ3) is 3.63.